The second-order valence-electron chi connectivity index (χ2n) is 5.45. The highest BCUT2D eigenvalue weighted by Gasteiger charge is 2.38. The predicted molar refractivity (Wildman–Crippen MR) is 93.1 cm³/mol. The summed E-state index contributed by atoms with van der Waals surface area (Å²) in [6, 6.07) is 7.53. The smallest absolute Gasteiger partial charge is 0.227 e. The maximum atomic E-state index is 12.1. The predicted octanol–water partition coefficient (Wildman–Crippen LogP) is 3.25. The van der Waals surface area contributed by atoms with Crippen LogP contribution in [-0.2, 0) is 12.0 Å². The summed E-state index contributed by atoms with van der Waals surface area (Å²) >= 11 is 2.21. The third-order valence-corrected chi connectivity index (χ3v) is 4.61. The number of nitrogens with zero attached hydrogens (tertiary/aromatic N) is 2. The van der Waals surface area contributed by atoms with E-state index in [1.165, 1.54) is 0 Å². The number of carbonyl (C=O) groups excluding carboxylic acids is 1. The number of hydrogen-bond donors (Lipinski definition) is 1. The molecule has 22 heavy (non-hydrogen) atoms. The number of aryl methyl sites for hydroxylation is 1. The van der Waals surface area contributed by atoms with E-state index in [1.54, 1.807) is 0 Å². The molecule has 0 atom stereocenters. The lowest BCUT2D eigenvalue weighted by molar-refractivity contribution is 0.0979. The van der Waals surface area contributed by atoms with Gasteiger partial charge in [0.1, 0.15) is 0 Å². The Morgan fingerprint density at radius 1 is 1.32 bits per heavy atom. The number of carbonyl (C=O) groups is 1. The van der Waals surface area contributed by atoms with Crippen LogP contribution in [0.15, 0.2) is 28.8 Å². The first-order chi connectivity index (χ1) is 10.1. The molecule has 0 spiro atoms. The molecule has 1 fully saturated rings. The summed E-state index contributed by atoms with van der Waals surface area (Å²) in [6.07, 6.45) is 3.71. The van der Waals surface area contributed by atoms with Crippen molar-refractivity contribution in [1.29, 1.82) is 0 Å². The Balaban J connectivity index is 0.00000176. The van der Waals surface area contributed by atoms with Gasteiger partial charge in [0.25, 0.3) is 0 Å². The van der Waals surface area contributed by atoms with Crippen LogP contribution in [0.2, 0.25) is 0 Å². The maximum absolute atomic E-state index is 12.1. The van der Waals surface area contributed by atoms with Crippen LogP contribution in [0.4, 0.5) is 0 Å². The van der Waals surface area contributed by atoms with Crippen molar-refractivity contribution in [3.8, 4) is 0 Å². The van der Waals surface area contributed by atoms with Gasteiger partial charge in [0, 0.05) is 22.0 Å². The number of benzene rings is 1. The quantitative estimate of drug-likeness (QED) is 0.578. The van der Waals surface area contributed by atoms with Gasteiger partial charge in [-0.2, -0.15) is 4.98 Å². The number of halogens is 2. The van der Waals surface area contributed by atoms with E-state index in [2.05, 4.69) is 32.7 Å². The van der Waals surface area contributed by atoms with Crippen molar-refractivity contribution >= 4 is 40.8 Å². The summed E-state index contributed by atoms with van der Waals surface area (Å²) in [5, 5.41) is 3.95. The minimum Gasteiger partial charge on any atom is -0.339 e. The Bertz CT molecular complexity index is 653. The summed E-state index contributed by atoms with van der Waals surface area (Å²) in [4.78, 5) is 16.4. The Labute approximate surface area is 148 Å². The first-order valence-corrected chi connectivity index (χ1v) is 8.05. The van der Waals surface area contributed by atoms with Crippen molar-refractivity contribution in [2.75, 3.05) is 0 Å². The molecule has 1 aliphatic carbocycles. The molecule has 1 heterocycles. The zero-order valence-electron chi connectivity index (χ0n) is 11.9. The van der Waals surface area contributed by atoms with E-state index in [-0.39, 0.29) is 18.2 Å². The Morgan fingerprint density at radius 2 is 2.00 bits per heavy atom. The van der Waals surface area contributed by atoms with Crippen LogP contribution in [0, 0.1) is 3.57 Å². The van der Waals surface area contributed by atoms with Crippen LogP contribution in [0.3, 0.4) is 0 Å². The monoisotopic (exact) mass is 433 g/mol. The molecule has 0 amide bonds. The van der Waals surface area contributed by atoms with E-state index in [1.807, 2.05) is 24.3 Å². The van der Waals surface area contributed by atoms with E-state index < -0.39 is 5.54 Å². The molecule has 0 radical (unpaired) electrons. The summed E-state index contributed by atoms with van der Waals surface area (Å²) in [7, 11) is 0. The second-order valence-corrected chi connectivity index (χ2v) is 6.70. The van der Waals surface area contributed by atoms with Crippen molar-refractivity contribution in [2.24, 2.45) is 5.73 Å². The van der Waals surface area contributed by atoms with Gasteiger partial charge in [0.15, 0.2) is 11.6 Å². The van der Waals surface area contributed by atoms with E-state index in [9.17, 15) is 4.79 Å². The third kappa shape index (κ3) is 3.67. The zero-order chi connectivity index (χ0) is 14.9. The average molecular weight is 434 g/mol. The maximum Gasteiger partial charge on any atom is 0.227 e. The highest BCUT2D eigenvalue weighted by atomic mass is 127. The Hall–Kier alpha value is -0.990. The molecule has 0 bridgehead atoms. The highest BCUT2D eigenvalue weighted by molar-refractivity contribution is 14.1. The molecular weight excluding hydrogens is 417 g/mol. The first kappa shape index (κ1) is 17.4. The number of aromatic nitrogens is 2. The van der Waals surface area contributed by atoms with Crippen molar-refractivity contribution in [3.63, 3.8) is 0 Å². The van der Waals surface area contributed by atoms with Crippen molar-refractivity contribution < 1.29 is 9.32 Å². The summed E-state index contributed by atoms with van der Waals surface area (Å²) < 4.78 is 6.31. The minimum absolute atomic E-state index is 0. The number of nitrogens with two attached hydrogens (primary N) is 1. The van der Waals surface area contributed by atoms with Crippen molar-refractivity contribution in [2.45, 2.75) is 37.6 Å². The average Bonchev–Trinajstić information content (AvgIpc) is 2.92. The molecule has 1 aliphatic rings. The fourth-order valence-electron chi connectivity index (χ4n) is 2.34. The minimum atomic E-state index is -0.415. The van der Waals surface area contributed by atoms with Gasteiger partial charge in [-0.25, -0.2) is 0 Å². The van der Waals surface area contributed by atoms with Crippen LogP contribution >= 0.6 is 35.0 Å². The van der Waals surface area contributed by atoms with Crippen LogP contribution in [0.1, 0.15) is 47.8 Å². The summed E-state index contributed by atoms with van der Waals surface area (Å²) in [5.41, 5.74) is 6.44. The molecular formula is C15H17ClIN3O2. The van der Waals surface area contributed by atoms with Gasteiger partial charge in [0.2, 0.25) is 5.89 Å². The Morgan fingerprint density at radius 3 is 2.59 bits per heavy atom. The first-order valence-electron chi connectivity index (χ1n) is 6.97. The Kier molecular flexibility index (Phi) is 5.57. The SMILES string of the molecule is Cl.NC1(c2noc(CCC(=O)c3ccc(I)cc3)n2)CCC1. The molecule has 1 aromatic heterocycles. The molecule has 1 saturated carbocycles. The number of rotatable bonds is 5. The van der Waals surface area contributed by atoms with E-state index >= 15 is 0 Å². The van der Waals surface area contributed by atoms with Gasteiger partial charge < -0.3 is 10.3 Å². The molecule has 3 rings (SSSR count). The molecule has 7 heteroatoms. The fraction of sp³-hybridized carbons (Fsp3) is 0.400. The van der Waals surface area contributed by atoms with Gasteiger partial charge >= 0.3 is 0 Å². The molecule has 2 aromatic rings. The topological polar surface area (TPSA) is 82.0 Å². The zero-order valence-corrected chi connectivity index (χ0v) is 14.9. The lowest BCUT2D eigenvalue weighted by Crippen LogP contribution is -2.44. The number of hydrogen-bond acceptors (Lipinski definition) is 5. The van der Waals surface area contributed by atoms with E-state index in [0.717, 1.165) is 22.8 Å². The largest absolute Gasteiger partial charge is 0.339 e. The van der Waals surface area contributed by atoms with Gasteiger partial charge in [-0.15, -0.1) is 12.4 Å². The summed E-state index contributed by atoms with van der Waals surface area (Å²) in [6.45, 7) is 0. The standard InChI is InChI=1S/C15H16IN3O2.ClH/c16-11-4-2-10(3-5-11)12(20)6-7-13-18-14(19-21-13)15(17)8-1-9-15;/h2-5H,1,6-9,17H2;1H. The molecule has 2 N–H and O–H groups in total. The normalized spacial score (nSPS) is 15.7. The molecule has 0 saturated heterocycles. The van der Waals surface area contributed by atoms with Crippen LogP contribution in [0.5, 0.6) is 0 Å². The molecule has 0 unspecified atom stereocenters. The molecule has 5 nitrogen and oxygen atoms in total. The van der Waals surface area contributed by atoms with Crippen LogP contribution in [0.25, 0.3) is 0 Å². The molecule has 118 valence electrons. The number of Topliss-reactive ketones (excluding diaryl/α,β-unsaturated/α-hetero) is 1. The van der Waals surface area contributed by atoms with Crippen LogP contribution < -0.4 is 5.73 Å². The lowest BCUT2D eigenvalue weighted by Gasteiger charge is -2.34. The molecule has 1 aromatic carbocycles. The molecule has 0 aliphatic heterocycles. The van der Waals surface area contributed by atoms with Crippen molar-refractivity contribution in [1.82, 2.24) is 10.1 Å². The lowest BCUT2D eigenvalue weighted by atomic mass is 9.77. The van der Waals surface area contributed by atoms with Gasteiger partial charge in [-0.1, -0.05) is 17.3 Å². The fourth-order valence-corrected chi connectivity index (χ4v) is 2.70. The van der Waals surface area contributed by atoms with Gasteiger partial charge in [-0.05, 0) is 54.0 Å². The second kappa shape index (κ2) is 7.06. The highest BCUT2D eigenvalue weighted by Crippen LogP contribution is 2.36. The van der Waals surface area contributed by atoms with Crippen molar-refractivity contribution in [3.05, 3.63) is 45.1 Å². The third-order valence-electron chi connectivity index (χ3n) is 3.89. The van der Waals surface area contributed by atoms with Gasteiger partial charge in [0.05, 0.1) is 5.54 Å². The van der Waals surface area contributed by atoms with E-state index in [0.29, 0.717) is 30.1 Å². The van der Waals surface area contributed by atoms with Crippen LogP contribution in [-0.4, -0.2) is 15.9 Å². The number of ketones is 1. The summed E-state index contributed by atoms with van der Waals surface area (Å²) in [5.74, 6) is 1.14. The van der Waals surface area contributed by atoms with E-state index in [4.69, 9.17) is 10.3 Å². The van der Waals surface area contributed by atoms with Gasteiger partial charge in [-0.3, -0.25) is 4.79 Å².